The summed E-state index contributed by atoms with van der Waals surface area (Å²) in [6, 6.07) is 6.37. The normalized spacial score (nSPS) is 10.3. The largest absolute Gasteiger partial charge is 0.493 e. The van der Waals surface area contributed by atoms with Crippen molar-refractivity contribution >= 4 is 27.7 Å². The third kappa shape index (κ3) is 5.18. The van der Waals surface area contributed by atoms with E-state index in [1.165, 1.54) is 13.3 Å². The predicted molar refractivity (Wildman–Crippen MR) is 95.6 cm³/mol. The van der Waals surface area contributed by atoms with E-state index in [0.29, 0.717) is 27.1 Å². The molecule has 7 nitrogen and oxygen atoms in total. The van der Waals surface area contributed by atoms with Crippen molar-refractivity contribution in [1.82, 2.24) is 15.8 Å². The lowest BCUT2D eigenvalue weighted by atomic mass is 10.2. The van der Waals surface area contributed by atoms with E-state index < -0.39 is 11.8 Å². The fraction of sp³-hybridized carbons (Fsp3) is 0.235. The Balaban J connectivity index is 2.04. The first-order valence-electron chi connectivity index (χ1n) is 7.46. The van der Waals surface area contributed by atoms with Gasteiger partial charge < -0.3 is 9.47 Å². The molecule has 0 aliphatic rings. The Kier molecular flexibility index (Phi) is 6.35. The maximum atomic E-state index is 12.2. The van der Waals surface area contributed by atoms with Gasteiger partial charge in [-0.15, -0.1) is 0 Å². The zero-order valence-corrected chi connectivity index (χ0v) is 15.6. The first-order chi connectivity index (χ1) is 11.9. The van der Waals surface area contributed by atoms with E-state index in [9.17, 15) is 9.59 Å². The summed E-state index contributed by atoms with van der Waals surface area (Å²) in [7, 11) is 1.49. The molecule has 0 saturated heterocycles. The van der Waals surface area contributed by atoms with Crippen molar-refractivity contribution < 1.29 is 19.1 Å². The summed E-state index contributed by atoms with van der Waals surface area (Å²) in [5.41, 5.74) is 5.32. The van der Waals surface area contributed by atoms with E-state index in [1.807, 2.05) is 13.8 Å². The van der Waals surface area contributed by atoms with Crippen molar-refractivity contribution in [2.75, 3.05) is 7.11 Å². The van der Waals surface area contributed by atoms with Crippen LogP contribution in [0.2, 0.25) is 0 Å². The van der Waals surface area contributed by atoms with Gasteiger partial charge in [-0.05, 0) is 54.0 Å². The third-order valence-electron chi connectivity index (χ3n) is 3.05. The molecule has 8 heteroatoms. The van der Waals surface area contributed by atoms with Gasteiger partial charge in [0.25, 0.3) is 11.8 Å². The van der Waals surface area contributed by atoms with E-state index in [4.69, 9.17) is 9.47 Å². The highest BCUT2D eigenvalue weighted by molar-refractivity contribution is 9.10. The molecule has 25 heavy (non-hydrogen) atoms. The van der Waals surface area contributed by atoms with Gasteiger partial charge in [0.2, 0.25) is 0 Å². The number of methoxy groups -OCH3 is 1. The lowest BCUT2D eigenvalue weighted by Crippen LogP contribution is -2.41. The number of hydrogen-bond acceptors (Lipinski definition) is 5. The number of amides is 2. The summed E-state index contributed by atoms with van der Waals surface area (Å²) in [5, 5.41) is 0. The van der Waals surface area contributed by atoms with Crippen molar-refractivity contribution in [2.45, 2.75) is 20.0 Å². The molecular weight excluding hydrogens is 390 g/mol. The summed E-state index contributed by atoms with van der Waals surface area (Å²) in [5.74, 6) is 0.0155. The number of nitrogens with one attached hydrogen (secondary N) is 2. The minimum atomic E-state index is -0.481. The van der Waals surface area contributed by atoms with E-state index in [-0.39, 0.29) is 6.10 Å². The predicted octanol–water partition coefficient (Wildman–Crippen LogP) is 2.71. The number of pyridine rings is 1. The lowest BCUT2D eigenvalue weighted by Gasteiger charge is -2.14. The Morgan fingerprint density at radius 1 is 1.04 bits per heavy atom. The number of benzene rings is 1. The maximum absolute atomic E-state index is 12.2. The second-order valence-electron chi connectivity index (χ2n) is 5.33. The highest BCUT2D eigenvalue weighted by Gasteiger charge is 2.13. The number of aromatic nitrogens is 1. The molecule has 2 aromatic rings. The molecule has 0 spiro atoms. The molecule has 0 atom stereocenters. The second-order valence-corrected chi connectivity index (χ2v) is 6.25. The lowest BCUT2D eigenvalue weighted by molar-refractivity contribution is 0.0846. The molecule has 2 amide bonds. The summed E-state index contributed by atoms with van der Waals surface area (Å²) >= 11 is 3.23. The Bertz CT molecular complexity index is 780. The number of nitrogens with zero attached hydrogens (tertiary/aromatic N) is 1. The van der Waals surface area contributed by atoms with E-state index in [0.717, 1.165) is 0 Å². The number of hydrogen-bond donors (Lipinski definition) is 2. The zero-order valence-electron chi connectivity index (χ0n) is 14.0. The molecule has 0 unspecified atom stereocenters. The molecule has 0 bridgehead atoms. The number of ether oxygens (including phenoxy) is 2. The quantitative estimate of drug-likeness (QED) is 0.743. The van der Waals surface area contributed by atoms with Crippen molar-refractivity contribution in [2.24, 2.45) is 0 Å². The molecule has 1 heterocycles. The highest BCUT2D eigenvalue weighted by Crippen LogP contribution is 2.28. The van der Waals surface area contributed by atoms with Gasteiger partial charge in [-0.1, -0.05) is 0 Å². The van der Waals surface area contributed by atoms with Crippen LogP contribution in [0.4, 0.5) is 0 Å². The smallest absolute Gasteiger partial charge is 0.271 e. The van der Waals surface area contributed by atoms with Crippen LogP contribution in [0.1, 0.15) is 34.6 Å². The van der Waals surface area contributed by atoms with Crippen LogP contribution in [0.5, 0.6) is 11.5 Å². The van der Waals surface area contributed by atoms with Crippen molar-refractivity contribution in [3.8, 4) is 11.5 Å². The van der Waals surface area contributed by atoms with Crippen LogP contribution in [-0.2, 0) is 0 Å². The molecule has 2 rings (SSSR count). The Hall–Kier alpha value is -2.61. The third-order valence-corrected chi connectivity index (χ3v) is 3.48. The van der Waals surface area contributed by atoms with E-state index >= 15 is 0 Å². The second kappa shape index (κ2) is 8.48. The molecule has 0 fully saturated rings. The van der Waals surface area contributed by atoms with Gasteiger partial charge in [-0.2, -0.15) is 0 Å². The van der Waals surface area contributed by atoms with Gasteiger partial charge in [0.1, 0.15) is 0 Å². The van der Waals surface area contributed by atoms with Gasteiger partial charge >= 0.3 is 0 Å². The van der Waals surface area contributed by atoms with Crippen LogP contribution in [0.25, 0.3) is 0 Å². The fourth-order valence-electron chi connectivity index (χ4n) is 1.95. The van der Waals surface area contributed by atoms with Crippen LogP contribution in [0.3, 0.4) is 0 Å². The standard InChI is InChI=1S/C17H18BrN3O4/c1-10(2)25-14-5-4-11(7-15(14)24-3)16(22)20-21-17(23)12-6-13(18)9-19-8-12/h4-10H,1-3H3,(H,20,22)(H,21,23). The topological polar surface area (TPSA) is 89.6 Å². The number of carbonyl (C=O) groups excluding carboxylic acids is 2. The average Bonchev–Trinajstić information content (AvgIpc) is 2.59. The molecule has 1 aromatic carbocycles. The van der Waals surface area contributed by atoms with Crippen LogP contribution < -0.4 is 20.3 Å². The first kappa shape index (κ1) is 18.7. The molecule has 1 aromatic heterocycles. The minimum absolute atomic E-state index is 0.0216. The van der Waals surface area contributed by atoms with Crippen molar-refractivity contribution in [3.05, 3.63) is 52.3 Å². The Labute approximate surface area is 153 Å². The minimum Gasteiger partial charge on any atom is -0.493 e. The Morgan fingerprint density at radius 2 is 1.72 bits per heavy atom. The molecule has 0 aliphatic heterocycles. The zero-order chi connectivity index (χ0) is 18.4. The highest BCUT2D eigenvalue weighted by atomic mass is 79.9. The first-order valence-corrected chi connectivity index (χ1v) is 8.26. The van der Waals surface area contributed by atoms with Gasteiger partial charge in [-0.25, -0.2) is 0 Å². The Morgan fingerprint density at radius 3 is 2.32 bits per heavy atom. The summed E-state index contributed by atoms with van der Waals surface area (Å²) in [4.78, 5) is 28.1. The molecule has 2 N–H and O–H groups in total. The van der Waals surface area contributed by atoms with Crippen LogP contribution >= 0.6 is 15.9 Å². The monoisotopic (exact) mass is 407 g/mol. The van der Waals surface area contributed by atoms with Crippen molar-refractivity contribution in [1.29, 1.82) is 0 Å². The molecular formula is C17H18BrN3O4. The van der Waals surface area contributed by atoms with Gasteiger partial charge in [-0.3, -0.25) is 25.4 Å². The fourth-order valence-corrected chi connectivity index (χ4v) is 2.32. The summed E-state index contributed by atoms with van der Waals surface area (Å²) in [6.07, 6.45) is 2.93. The summed E-state index contributed by atoms with van der Waals surface area (Å²) in [6.45, 7) is 3.79. The van der Waals surface area contributed by atoms with E-state index in [2.05, 4.69) is 31.8 Å². The van der Waals surface area contributed by atoms with Gasteiger partial charge in [0.05, 0.1) is 18.8 Å². The average molecular weight is 408 g/mol. The molecule has 0 radical (unpaired) electrons. The molecule has 132 valence electrons. The summed E-state index contributed by atoms with van der Waals surface area (Å²) < 4.78 is 11.5. The maximum Gasteiger partial charge on any atom is 0.271 e. The van der Waals surface area contributed by atoms with Crippen LogP contribution in [0, 0.1) is 0 Å². The van der Waals surface area contributed by atoms with Crippen LogP contribution in [-0.4, -0.2) is 30.0 Å². The number of rotatable bonds is 5. The van der Waals surface area contributed by atoms with Gasteiger partial charge in [0, 0.05) is 22.4 Å². The number of carbonyl (C=O) groups is 2. The van der Waals surface area contributed by atoms with Gasteiger partial charge in [0.15, 0.2) is 11.5 Å². The van der Waals surface area contributed by atoms with E-state index in [1.54, 1.807) is 30.5 Å². The number of hydrazine groups is 1. The molecule has 0 aliphatic carbocycles. The molecule has 0 saturated carbocycles. The van der Waals surface area contributed by atoms with Crippen LogP contribution in [0.15, 0.2) is 41.1 Å². The SMILES string of the molecule is COc1cc(C(=O)NNC(=O)c2cncc(Br)c2)ccc1OC(C)C. The number of halogens is 1. The van der Waals surface area contributed by atoms with Crippen molar-refractivity contribution in [3.63, 3.8) is 0 Å².